The number of nitro groups is 1. The van der Waals surface area contributed by atoms with Gasteiger partial charge in [-0.25, -0.2) is 4.79 Å². The van der Waals surface area contributed by atoms with Crippen molar-refractivity contribution in [2.45, 2.75) is 31.5 Å². The Kier molecular flexibility index (Phi) is 7.60. The molecule has 31 heavy (non-hydrogen) atoms. The fourth-order valence-electron chi connectivity index (χ4n) is 3.27. The maximum absolute atomic E-state index is 11.9. The molecule has 1 unspecified atom stereocenters. The van der Waals surface area contributed by atoms with Crippen LogP contribution in [0, 0.1) is 16.0 Å². The van der Waals surface area contributed by atoms with Gasteiger partial charge >= 0.3 is 12.4 Å². The molecule has 9 nitrogen and oxygen atoms in total. The van der Waals surface area contributed by atoms with E-state index >= 15 is 0 Å². The van der Waals surface area contributed by atoms with Crippen LogP contribution in [0.4, 0.5) is 4.79 Å². The highest BCUT2D eigenvalue weighted by Crippen LogP contribution is 2.24. The Morgan fingerprint density at radius 1 is 1.19 bits per heavy atom. The molecule has 0 spiro atoms. The minimum absolute atomic E-state index is 0.0791. The van der Waals surface area contributed by atoms with E-state index in [0.29, 0.717) is 17.7 Å². The van der Waals surface area contributed by atoms with Gasteiger partial charge in [0.1, 0.15) is 0 Å². The maximum Gasteiger partial charge on any atom is 0.513 e. The molecular weight excluding hydrogens is 422 g/mol. The number of β-lactam (4-membered cyclic amide) rings is 1. The van der Waals surface area contributed by atoms with Gasteiger partial charge < -0.3 is 14.8 Å². The third kappa shape index (κ3) is 6.05. The molecule has 0 radical (unpaired) electrons. The number of carbonyl (C=O) groups is 2. The largest absolute Gasteiger partial charge is 0.513 e. The molecule has 0 bridgehead atoms. The van der Waals surface area contributed by atoms with Crippen LogP contribution in [0.25, 0.3) is 0 Å². The van der Waals surface area contributed by atoms with Gasteiger partial charge in [0.05, 0.1) is 28.7 Å². The lowest BCUT2D eigenvalue weighted by atomic mass is 9.84. The summed E-state index contributed by atoms with van der Waals surface area (Å²) in [5.74, 6) is -0.446. The highest BCUT2D eigenvalue weighted by Gasteiger charge is 2.38. The Morgan fingerprint density at radius 3 is 2.58 bits per heavy atom. The molecule has 1 fully saturated rings. The van der Waals surface area contributed by atoms with Gasteiger partial charge in [0, 0.05) is 17.1 Å². The minimum Gasteiger partial charge on any atom is -0.434 e. The van der Waals surface area contributed by atoms with E-state index in [4.69, 9.17) is 21.7 Å². The average Bonchev–Trinajstić information content (AvgIpc) is 2.78. The monoisotopic (exact) mass is 443 g/mol. The molecule has 1 aromatic carbocycles. The second kappa shape index (κ2) is 10.6. The highest BCUT2D eigenvalue weighted by molar-refractivity contribution is 7.80. The van der Waals surface area contributed by atoms with Crippen LogP contribution < -0.4 is 5.32 Å². The number of aromatic nitrogens is 1. The van der Waals surface area contributed by atoms with Gasteiger partial charge in [-0.2, -0.15) is 0 Å². The van der Waals surface area contributed by atoms with E-state index in [9.17, 15) is 19.7 Å². The van der Waals surface area contributed by atoms with Gasteiger partial charge in [-0.05, 0) is 43.5 Å². The number of carbonyl (C=O) groups excluding carboxylic acids is 2. The van der Waals surface area contributed by atoms with E-state index < -0.39 is 17.3 Å². The fraction of sp³-hybridized carbons (Fsp3) is 0.333. The van der Waals surface area contributed by atoms with Crippen molar-refractivity contribution in [3.05, 3.63) is 76.1 Å². The van der Waals surface area contributed by atoms with Gasteiger partial charge in [0.2, 0.25) is 5.91 Å². The van der Waals surface area contributed by atoms with Crippen molar-refractivity contribution in [2.75, 3.05) is 6.61 Å². The summed E-state index contributed by atoms with van der Waals surface area (Å²) in [4.78, 5) is 39.2. The molecule has 1 aromatic heterocycles. The normalized spacial score (nSPS) is 18.3. The number of hydrogen-bond donors (Lipinski definition) is 1. The molecule has 1 aliphatic heterocycles. The summed E-state index contributed by atoms with van der Waals surface area (Å²) in [6.07, 6.45) is 0.398. The SMILES string of the molecule is O=C(OCC[C@@H]1C(=O)N[C@H]1CCC(=S)c1ccccn1)OC(c1ccccc1)[N+](=O)[O-]. The van der Waals surface area contributed by atoms with Crippen molar-refractivity contribution < 1.29 is 24.0 Å². The number of ether oxygens (including phenoxy) is 2. The Hall–Kier alpha value is -3.40. The van der Waals surface area contributed by atoms with Crippen LogP contribution in [0.3, 0.4) is 0 Å². The molecule has 1 saturated heterocycles. The molecule has 10 heteroatoms. The van der Waals surface area contributed by atoms with Crippen molar-refractivity contribution >= 4 is 29.1 Å². The van der Waals surface area contributed by atoms with Crippen LogP contribution in [-0.2, 0) is 14.3 Å². The predicted octanol–water partition coefficient (Wildman–Crippen LogP) is 3.21. The molecule has 0 saturated carbocycles. The summed E-state index contributed by atoms with van der Waals surface area (Å²) in [6.45, 7) is -0.0860. The highest BCUT2D eigenvalue weighted by atomic mass is 32.1. The van der Waals surface area contributed by atoms with Crippen LogP contribution in [0.2, 0.25) is 0 Å². The van der Waals surface area contributed by atoms with E-state index in [0.717, 1.165) is 5.69 Å². The second-order valence-corrected chi connectivity index (χ2v) is 7.44. The molecular formula is C21H21N3O6S. The zero-order valence-electron chi connectivity index (χ0n) is 16.5. The molecule has 2 heterocycles. The zero-order chi connectivity index (χ0) is 22.2. The maximum atomic E-state index is 11.9. The van der Waals surface area contributed by atoms with Crippen molar-refractivity contribution in [1.29, 1.82) is 0 Å². The molecule has 3 atom stereocenters. The second-order valence-electron chi connectivity index (χ2n) is 6.95. The summed E-state index contributed by atoms with van der Waals surface area (Å²) in [5.41, 5.74) is 0.969. The van der Waals surface area contributed by atoms with E-state index in [-0.39, 0.29) is 36.5 Å². The number of nitrogens with zero attached hydrogens (tertiary/aromatic N) is 2. The smallest absolute Gasteiger partial charge is 0.434 e. The van der Waals surface area contributed by atoms with Crippen molar-refractivity contribution in [2.24, 2.45) is 5.92 Å². The average molecular weight is 443 g/mol. The van der Waals surface area contributed by atoms with Crippen molar-refractivity contribution in [3.63, 3.8) is 0 Å². The number of benzene rings is 1. The van der Waals surface area contributed by atoms with Gasteiger partial charge in [0.15, 0.2) is 0 Å². The number of nitrogens with one attached hydrogen (secondary N) is 1. The Bertz CT molecular complexity index is 941. The van der Waals surface area contributed by atoms with E-state index in [2.05, 4.69) is 10.3 Å². The number of hydrogen-bond acceptors (Lipinski definition) is 8. The Labute approximate surface area is 183 Å². The lowest BCUT2D eigenvalue weighted by Gasteiger charge is -2.36. The Balaban J connectivity index is 1.42. The minimum atomic E-state index is -1.65. The van der Waals surface area contributed by atoms with Crippen LogP contribution in [-0.4, -0.2) is 39.5 Å². The summed E-state index contributed by atoms with van der Waals surface area (Å²) in [6, 6.07) is 13.3. The molecule has 1 aliphatic rings. The number of thiocarbonyl (C=S) groups is 1. The van der Waals surface area contributed by atoms with Crippen molar-refractivity contribution in [1.82, 2.24) is 10.3 Å². The van der Waals surface area contributed by atoms with Crippen LogP contribution in [0.5, 0.6) is 0 Å². The molecule has 1 amide bonds. The summed E-state index contributed by atoms with van der Waals surface area (Å²) in [7, 11) is 0. The zero-order valence-corrected chi connectivity index (χ0v) is 17.3. The molecule has 1 N–H and O–H groups in total. The quantitative estimate of drug-likeness (QED) is 0.113. The van der Waals surface area contributed by atoms with Gasteiger partial charge in [-0.15, -0.1) is 0 Å². The molecule has 162 valence electrons. The summed E-state index contributed by atoms with van der Waals surface area (Å²) in [5, 5.41) is 14.0. The molecule has 2 aromatic rings. The number of rotatable bonds is 10. The van der Waals surface area contributed by atoms with E-state index in [1.165, 1.54) is 12.1 Å². The van der Waals surface area contributed by atoms with E-state index in [1.807, 2.05) is 18.2 Å². The molecule has 0 aliphatic carbocycles. The topological polar surface area (TPSA) is 121 Å². The number of pyridine rings is 1. The first-order chi connectivity index (χ1) is 15.0. The fourth-order valence-corrected chi connectivity index (χ4v) is 3.51. The standard InChI is InChI=1S/C21H21N3O6S/c25-19-15(16(23-19)9-10-18(31)17-8-4-5-12-22-17)11-13-29-21(26)30-20(24(27)28)14-6-2-1-3-7-14/h1-8,12,15-16,20H,9-11,13H2,(H,23,25)/t15-,16-,20?/m0/s1. The van der Waals surface area contributed by atoms with Gasteiger partial charge in [-0.3, -0.25) is 19.9 Å². The number of amides is 1. The van der Waals surface area contributed by atoms with Crippen LogP contribution in [0.15, 0.2) is 54.7 Å². The third-order valence-electron chi connectivity index (χ3n) is 4.92. The Morgan fingerprint density at radius 2 is 1.94 bits per heavy atom. The van der Waals surface area contributed by atoms with Gasteiger partial charge in [0.25, 0.3) is 0 Å². The van der Waals surface area contributed by atoms with Crippen molar-refractivity contribution in [3.8, 4) is 0 Å². The lowest BCUT2D eigenvalue weighted by molar-refractivity contribution is -0.576. The summed E-state index contributed by atoms with van der Waals surface area (Å²) < 4.78 is 9.79. The van der Waals surface area contributed by atoms with E-state index in [1.54, 1.807) is 24.4 Å². The van der Waals surface area contributed by atoms with Gasteiger partial charge in [-0.1, -0.05) is 36.5 Å². The first kappa shape index (κ1) is 22.3. The predicted molar refractivity (Wildman–Crippen MR) is 114 cm³/mol. The molecule has 3 rings (SSSR count). The van der Waals surface area contributed by atoms with Crippen LogP contribution >= 0.6 is 12.2 Å². The first-order valence-corrected chi connectivity index (χ1v) is 10.1. The summed E-state index contributed by atoms with van der Waals surface area (Å²) >= 11 is 5.39. The lowest BCUT2D eigenvalue weighted by Crippen LogP contribution is -2.58. The van der Waals surface area contributed by atoms with Crippen LogP contribution in [0.1, 0.15) is 36.7 Å². The first-order valence-electron chi connectivity index (χ1n) is 9.72. The third-order valence-corrected chi connectivity index (χ3v) is 5.33.